The second-order valence-corrected chi connectivity index (χ2v) is 8.23. The molecule has 3 nitrogen and oxygen atoms in total. The Bertz CT molecular complexity index is 1250. The summed E-state index contributed by atoms with van der Waals surface area (Å²) in [6.07, 6.45) is 9.07. The van der Waals surface area contributed by atoms with E-state index < -0.39 is 6.62 Å². The molecule has 4 heterocycles. The van der Waals surface area contributed by atoms with Gasteiger partial charge in [-0.1, -0.05) is 55.3 Å². The molecule has 0 N–H and O–H groups in total. The quantitative estimate of drug-likeness (QED) is 0.591. The van der Waals surface area contributed by atoms with E-state index in [1.54, 1.807) is 0 Å². The van der Waals surface area contributed by atoms with Crippen LogP contribution in [0, 0.1) is 0 Å². The summed E-state index contributed by atoms with van der Waals surface area (Å²) in [4.78, 5) is 0. The maximum Gasteiger partial charge on any atom is 0.570 e. The van der Waals surface area contributed by atoms with Crippen LogP contribution < -0.4 is 4.65 Å². The molecule has 7 rings (SSSR count). The van der Waals surface area contributed by atoms with E-state index in [1.165, 1.54) is 46.6 Å². The molecule has 1 atom stereocenters. The van der Waals surface area contributed by atoms with E-state index in [0.717, 1.165) is 5.75 Å². The summed E-state index contributed by atoms with van der Waals surface area (Å²) >= 11 is 0. The van der Waals surface area contributed by atoms with Gasteiger partial charge in [-0.25, -0.2) is 0 Å². The van der Waals surface area contributed by atoms with Gasteiger partial charge in [0, 0.05) is 29.1 Å². The van der Waals surface area contributed by atoms with E-state index in [9.17, 15) is 0 Å². The Morgan fingerprint density at radius 3 is 2.54 bits per heavy atom. The van der Waals surface area contributed by atoms with Crippen molar-refractivity contribution in [3.63, 3.8) is 0 Å². The lowest BCUT2D eigenvalue weighted by atomic mass is 9.55. The molecule has 1 saturated carbocycles. The standard InChI is InChI=1S/C24H19BN2O/c1-2-7-17(8-3-1)24-21-10-6-16-26(21)25(18-12-13-18)27-20(14-15-22(24)27)19-9-4-5-11-23(19)28-25/h1-11,14-16,18H,12-13H2/t25-/m0/s1. The normalized spacial score (nSPS) is 23.6. The van der Waals surface area contributed by atoms with Crippen molar-refractivity contribution in [1.82, 2.24) is 4.48 Å². The third kappa shape index (κ3) is 1.65. The first kappa shape index (κ1) is 14.8. The molecule has 0 amide bonds. The third-order valence-electron chi connectivity index (χ3n) is 6.74. The van der Waals surface area contributed by atoms with Crippen molar-refractivity contribution in [1.29, 1.82) is 0 Å². The largest absolute Gasteiger partial charge is 0.639 e. The Balaban J connectivity index is 1.61. The smallest absolute Gasteiger partial charge is 0.570 e. The van der Waals surface area contributed by atoms with Gasteiger partial charge in [0.05, 0.1) is 11.3 Å². The van der Waals surface area contributed by atoms with Gasteiger partial charge in [-0.05, 0) is 35.6 Å². The molecule has 1 aromatic heterocycles. The molecule has 28 heavy (non-hydrogen) atoms. The molecule has 1 aliphatic carbocycles. The van der Waals surface area contributed by atoms with Gasteiger partial charge in [0.15, 0.2) is 5.70 Å². The van der Waals surface area contributed by atoms with Crippen LogP contribution in [0.3, 0.4) is 0 Å². The minimum atomic E-state index is -1.37. The van der Waals surface area contributed by atoms with E-state index in [-0.39, 0.29) is 0 Å². The molecule has 0 radical (unpaired) electrons. The molecule has 4 heteroatoms. The molecule has 134 valence electrons. The highest BCUT2D eigenvalue weighted by atomic mass is 16.5. The summed E-state index contributed by atoms with van der Waals surface area (Å²) in [6, 6.07) is 23.8. The summed E-state index contributed by atoms with van der Waals surface area (Å²) < 4.78 is 11.9. The minimum absolute atomic E-state index is 0.543. The molecule has 0 bridgehead atoms. The van der Waals surface area contributed by atoms with Crippen molar-refractivity contribution < 1.29 is 9.14 Å². The topological polar surface area (TPSA) is 17.2 Å². The van der Waals surface area contributed by atoms with E-state index in [4.69, 9.17) is 4.65 Å². The summed E-state index contributed by atoms with van der Waals surface area (Å²) in [5.41, 5.74) is 7.54. The number of fused-ring (bicyclic) bond motifs is 4. The zero-order valence-electron chi connectivity index (χ0n) is 15.5. The van der Waals surface area contributed by atoms with Gasteiger partial charge >= 0.3 is 6.62 Å². The van der Waals surface area contributed by atoms with Gasteiger partial charge in [-0.2, -0.15) is 0 Å². The first-order valence-corrected chi connectivity index (χ1v) is 10.1. The first-order chi connectivity index (χ1) is 13.9. The number of para-hydroxylation sites is 1. The molecule has 0 spiro atoms. The van der Waals surface area contributed by atoms with E-state index in [1.807, 2.05) is 0 Å². The predicted molar refractivity (Wildman–Crippen MR) is 113 cm³/mol. The highest BCUT2D eigenvalue weighted by Crippen LogP contribution is 2.56. The van der Waals surface area contributed by atoms with Crippen LogP contribution in [0.15, 0.2) is 84.6 Å². The monoisotopic (exact) mass is 362 g/mol. The molecule has 3 aliphatic heterocycles. The number of hydrogen-bond acceptors (Lipinski definition) is 1. The second-order valence-electron chi connectivity index (χ2n) is 8.23. The maximum absolute atomic E-state index is 6.95. The second kappa shape index (κ2) is 4.96. The minimum Gasteiger partial charge on any atom is -0.639 e. The Labute approximate surface area is 163 Å². The van der Waals surface area contributed by atoms with Crippen molar-refractivity contribution in [3.8, 4) is 17.0 Å². The van der Waals surface area contributed by atoms with Crippen LogP contribution >= 0.6 is 0 Å². The van der Waals surface area contributed by atoms with Crippen LogP contribution in [0.2, 0.25) is 5.82 Å². The zero-order valence-corrected chi connectivity index (χ0v) is 15.5. The molecule has 0 unspecified atom stereocenters. The number of allylic oxidation sites excluding steroid dienone is 2. The highest BCUT2D eigenvalue weighted by molar-refractivity contribution is 6.70. The molecule has 3 aromatic rings. The van der Waals surface area contributed by atoms with E-state index in [2.05, 4.69) is 94.1 Å². The van der Waals surface area contributed by atoms with Crippen molar-refractivity contribution >= 4 is 18.4 Å². The maximum atomic E-state index is 6.95. The number of hydrogen-bond donors (Lipinski definition) is 0. The number of benzene rings is 2. The Morgan fingerprint density at radius 1 is 0.893 bits per heavy atom. The highest BCUT2D eigenvalue weighted by Gasteiger charge is 2.63. The summed E-state index contributed by atoms with van der Waals surface area (Å²) in [7, 11) is 0. The Kier molecular flexibility index (Phi) is 2.61. The zero-order chi connectivity index (χ0) is 18.3. The lowest BCUT2D eigenvalue weighted by Crippen LogP contribution is -2.63. The molecule has 1 fully saturated rings. The summed E-state index contributed by atoms with van der Waals surface area (Å²) in [5.74, 6) is 1.55. The van der Waals surface area contributed by atoms with Crippen molar-refractivity contribution in [2.24, 2.45) is 0 Å². The summed E-state index contributed by atoms with van der Waals surface area (Å²) in [5, 5.41) is 0. The molecule has 4 aliphatic rings. The molecule has 0 saturated heterocycles. The fourth-order valence-electron chi connectivity index (χ4n) is 5.50. The lowest BCUT2D eigenvalue weighted by molar-refractivity contribution is -0.348. The van der Waals surface area contributed by atoms with Gasteiger partial charge < -0.3 is 13.6 Å². The van der Waals surface area contributed by atoms with Crippen molar-refractivity contribution in [2.75, 3.05) is 0 Å². The average Bonchev–Trinajstić information content (AvgIpc) is 3.32. The van der Waals surface area contributed by atoms with Crippen LogP contribution in [0.25, 0.3) is 16.8 Å². The first-order valence-electron chi connectivity index (χ1n) is 10.1. The predicted octanol–water partition coefficient (Wildman–Crippen LogP) is 4.92. The lowest BCUT2D eigenvalue weighted by Gasteiger charge is -2.47. The van der Waals surface area contributed by atoms with Crippen LogP contribution in [-0.2, 0) is 0 Å². The molecular weight excluding hydrogens is 343 g/mol. The van der Waals surface area contributed by atoms with Crippen LogP contribution in [-0.4, -0.2) is 21.8 Å². The fraction of sp³-hybridized carbons (Fsp3) is 0.125. The van der Waals surface area contributed by atoms with Crippen molar-refractivity contribution in [3.05, 3.63) is 95.8 Å². The van der Waals surface area contributed by atoms with Gasteiger partial charge in [0.2, 0.25) is 0 Å². The van der Waals surface area contributed by atoms with E-state index in [0.29, 0.717) is 5.82 Å². The summed E-state index contributed by atoms with van der Waals surface area (Å²) in [6.45, 7) is -1.37. The van der Waals surface area contributed by atoms with Gasteiger partial charge in [-0.15, -0.1) is 0 Å². The number of aromatic nitrogens is 1. The SMILES string of the molecule is C1=CC2=C(c3ccccc3)c3ccc4n3[B@@-](C3CC3)(Oc3ccccc3-4)[N+]2=C1. The number of rotatable bonds is 2. The molecule has 2 aromatic carbocycles. The van der Waals surface area contributed by atoms with Gasteiger partial charge in [0.1, 0.15) is 6.21 Å². The Morgan fingerprint density at radius 2 is 1.68 bits per heavy atom. The number of nitrogens with zero attached hydrogens (tertiary/aromatic N) is 2. The Hall–Kier alpha value is -3.27. The molecular formula is C24H19BN2O. The average molecular weight is 362 g/mol. The fourth-order valence-corrected chi connectivity index (χ4v) is 5.50. The van der Waals surface area contributed by atoms with Crippen LogP contribution in [0.4, 0.5) is 0 Å². The van der Waals surface area contributed by atoms with Gasteiger partial charge in [-0.3, -0.25) is 0 Å². The van der Waals surface area contributed by atoms with Crippen LogP contribution in [0.5, 0.6) is 5.75 Å². The van der Waals surface area contributed by atoms with Crippen LogP contribution in [0.1, 0.15) is 24.1 Å². The van der Waals surface area contributed by atoms with Crippen molar-refractivity contribution in [2.45, 2.75) is 18.7 Å². The van der Waals surface area contributed by atoms with E-state index >= 15 is 0 Å². The third-order valence-corrected chi connectivity index (χ3v) is 6.74. The van der Waals surface area contributed by atoms with Gasteiger partial charge in [0.25, 0.3) is 0 Å².